The number of piperazine rings is 1. The van der Waals surface area contributed by atoms with Crippen LogP contribution in [0.3, 0.4) is 0 Å². The molecule has 1 aromatic carbocycles. The summed E-state index contributed by atoms with van der Waals surface area (Å²) >= 11 is 0. The summed E-state index contributed by atoms with van der Waals surface area (Å²) in [7, 11) is 2.14. The summed E-state index contributed by atoms with van der Waals surface area (Å²) < 4.78 is 13.7. The number of benzene rings is 1. The first-order valence-electron chi connectivity index (χ1n) is 11.2. The van der Waals surface area contributed by atoms with Crippen LogP contribution in [0.4, 0.5) is 4.39 Å². The van der Waals surface area contributed by atoms with Crippen molar-refractivity contribution in [1.29, 1.82) is 0 Å². The standard InChI is InChI=1S/C23H30FN5O2/c1-27-5-7-28(8-6-27)20-10-16-13-29(14-17(16)11-21(20)30)23(31)19-12-25-26-22(19)15-3-2-4-18(24)9-15/h2-4,9,12,16-17,20-21,30H,5-8,10-11,13-14H2,1H3,(H,25,26)/t16-,17+,20-,21-/m1/s1. The van der Waals surface area contributed by atoms with Crippen molar-refractivity contribution in [3.63, 3.8) is 0 Å². The zero-order valence-electron chi connectivity index (χ0n) is 17.9. The maximum Gasteiger partial charge on any atom is 0.257 e. The SMILES string of the molecule is CN1CCN([C@@H]2C[C@@H]3CN(C(=O)c4cn[nH]c4-c4cccc(F)c4)C[C@@H]3C[C@H]2O)CC1. The summed E-state index contributed by atoms with van der Waals surface area (Å²) in [4.78, 5) is 20.0. The second-order valence-electron chi connectivity index (χ2n) is 9.34. The quantitative estimate of drug-likeness (QED) is 0.780. The maximum absolute atomic E-state index is 13.7. The molecule has 3 aliphatic rings. The van der Waals surface area contributed by atoms with Gasteiger partial charge in [-0.2, -0.15) is 5.10 Å². The molecule has 5 rings (SSSR count). The molecule has 2 aromatic rings. The lowest BCUT2D eigenvalue weighted by Crippen LogP contribution is -2.55. The first-order chi connectivity index (χ1) is 15.0. The van der Waals surface area contributed by atoms with E-state index in [2.05, 4.69) is 27.0 Å². The van der Waals surface area contributed by atoms with Gasteiger partial charge in [-0.3, -0.25) is 14.8 Å². The Morgan fingerprint density at radius 3 is 2.65 bits per heavy atom. The van der Waals surface area contributed by atoms with Crippen molar-refractivity contribution in [1.82, 2.24) is 24.9 Å². The van der Waals surface area contributed by atoms with Crippen molar-refractivity contribution in [2.45, 2.75) is 25.0 Å². The number of carbonyl (C=O) groups is 1. The molecule has 0 bridgehead atoms. The Morgan fingerprint density at radius 2 is 1.90 bits per heavy atom. The minimum atomic E-state index is -0.346. The van der Waals surface area contributed by atoms with E-state index >= 15 is 0 Å². The lowest BCUT2D eigenvalue weighted by atomic mass is 9.77. The van der Waals surface area contributed by atoms with Crippen molar-refractivity contribution in [3.8, 4) is 11.3 Å². The molecule has 31 heavy (non-hydrogen) atoms. The molecule has 0 radical (unpaired) electrons. The number of aromatic amines is 1. The van der Waals surface area contributed by atoms with Crippen LogP contribution in [0.15, 0.2) is 30.5 Å². The van der Waals surface area contributed by atoms with E-state index < -0.39 is 0 Å². The number of aromatic nitrogens is 2. The average Bonchev–Trinajstić information content (AvgIpc) is 3.40. The number of carbonyl (C=O) groups excluding carboxylic acids is 1. The van der Waals surface area contributed by atoms with Crippen LogP contribution in [-0.4, -0.2) is 94.4 Å². The normalized spacial score (nSPS) is 29.8. The largest absolute Gasteiger partial charge is 0.391 e. The predicted molar refractivity (Wildman–Crippen MR) is 115 cm³/mol. The van der Waals surface area contributed by atoms with Gasteiger partial charge in [0.2, 0.25) is 0 Å². The molecule has 7 nitrogen and oxygen atoms in total. The van der Waals surface area contributed by atoms with E-state index in [0.717, 1.165) is 39.0 Å². The Balaban J connectivity index is 1.29. The highest BCUT2D eigenvalue weighted by molar-refractivity contribution is 5.99. The van der Waals surface area contributed by atoms with E-state index in [1.807, 2.05) is 4.90 Å². The van der Waals surface area contributed by atoms with Crippen molar-refractivity contribution in [2.75, 3.05) is 46.3 Å². The Kier molecular flexibility index (Phi) is 5.54. The fourth-order valence-corrected chi connectivity index (χ4v) is 5.60. The van der Waals surface area contributed by atoms with E-state index in [1.165, 1.54) is 18.3 Å². The lowest BCUT2D eigenvalue weighted by molar-refractivity contribution is -0.0249. The molecular weight excluding hydrogens is 397 g/mol. The number of H-pyrrole nitrogens is 1. The van der Waals surface area contributed by atoms with Crippen molar-refractivity contribution >= 4 is 5.91 Å². The summed E-state index contributed by atoms with van der Waals surface area (Å²) in [5.74, 6) is 0.309. The fourth-order valence-electron chi connectivity index (χ4n) is 5.60. The number of amides is 1. The molecule has 1 aromatic heterocycles. The zero-order valence-corrected chi connectivity index (χ0v) is 17.9. The number of aliphatic hydroxyl groups excluding tert-OH is 1. The number of fused-ring (bicyclic) bond motifs is 1. The Bertz CT molecular complexity index is 942. The average molecular weight is 428 g/mol. The minimum Gasteiger partial charge on any atom is -0.391 e. The summed E-state index contributed by atoms with van der Waals surface area (Å²) in [6.07, 6.45) is 2.87. The van der Waals surface area contributed by atoms with Gasteiger partial charge in [0.15, 0.2) is 0 Å². The van der Waals surface area contributed by atoms with E-state index in [-0.39, 0.29) is 23.9 Å². The smallest absolute Gasteiger partial charge is 0.257 e. The second-order valence-corrected chi connectivity index (χ2v) is 9.34. The van der Waals surface area contributed by atoms with Crippen LogP contribution in [-0.2, 0) is 0 Å². The van der Waals surface area contributed by atoms with Crippen LogP contribution >= 0.6 is 0 Å². The van der Waals surface area contributed by atoms with Crippen molar-refractivity contribution in [2.24, 2.45) is 11.8 Å². The van der Waals surface area contributed by atoms with Gasteiger partial charge in [-0.15, -0.1) is 0 Å². The number of rotatable bonds is 3. The summed E-state index contributed by atoms with van der Waals surface area (Å²) in [5, 5.41) is 17.8. The molecule has 2 saturated heterocycles. The van der Waals surface area contributed by atoms with Gasteiger partial charge >= 0.3 is 0 Å². The molecule has 2 N–H and O–H groups in total. The van der Waals surface area contributed by atoms with E-state index in [1.54, 1.807) is 12.1 Å². The molecule has 3 fully saturated rings. The van der Waals surface area contributed by atoms with Gasteiger partial charge < -0.3 is 14.9 Å². The minimum absolute atomic E-state index is 0.0759. The molecule has 8 heteroatoms. The molecule has 0 spiro atoms. The highest BCUT2D eigenvalue weighted by Gasteiger charge is 2.45. The molecule has 1 aliphatic carbocycles. The first kappa shape index (κ1) is 20.6. The maximum atomic E-state index is 13.7. The molecule has 0 unspecified atom stereocenters. The van der Waals surface area contributed by atoms with Gasteiger partial charge in [0.1, 0.15) is 5.82 Å². The molecule has 1 saturated carbocycles. The number of nitrogens with one attached hydrogen (secondary N) is 1. The van der Waals surface area contributed by atoms with Gasteiger partial charge in [0, 0.05) is 50.9 Å². The van der Waals surface area contributed by atoms with Crippen LogP contribution < -0.4 is 0 Å². The number of likely N-dealkylation sites (tertiary alicyclic amines) is 1. The molecule has 1 amide bonds. The second kappa shape index (κ2) is 8.33. The van der Waals surface area contributed by atoms with Gasteiger partial charge in [0.25, 0.3) is 5.91 Å². The molecular formula is C23H30FN5O2. The predicted octanol–water partition coefficient (Wildman–Crippen LogP) is 1.67. The highest BCUT2D eigenvalue weighted by Crippen LogP contribution is 2.39. The monoisotopic (exact) mass is 427 g/mol. The number of hydrogen-bond acceptors (Lipinski definition) is 5. The topological polar surface area (TPSA) is 75.7 Å². The Morgan fingerprint density at radius 1 is 1.16 bits per heavy atom. The molecule has 3 heterocycles. The number of nitrogens with zero attached hydrogens (tertiary/aromatic N) is 4. The van der Waals surface area contributed by atoms with Crippen molar-refractivity contribution in [3.05, 3.63) is 41.8 Å². The third kappa shape index (κ3) is 4.00. The summed E-state index contributed by atoms with van der Waals surface area (Å²) in [6, 6.07) is 6.37. The van der Waals surface area contributed by atoms with E-state index in [9.17, 15) is 14.3 Å². The van der Waals surface area contributed by atoms with Crippen LogP contribution in [0.5, 0.6) is 0 Å². The van der Waals surface area contributed by atoms with E-state index in [0.29, 0.717) is 41.7 Å². The van der Waals surface area contributed by atoms with Crippen LogP contribution in [0, 0.1) is 17.7 Å². The van der Waals surface area contributed by atoms with Crippen LogP contribution in [0.1, 0.15) is 23.2 Å². The number of aliphatic hydroxyl groups is 1. The summed E-state index contributed by atoms with van der Waals surface area (Å²) in [5.41, 5.74) is 1.64. The van der Waals surface area contributed by atoms with Crippen LogP contribution in [0.2, 0.25) is 0 Å². The Labute approximate surface area is 181 Å². The Hall–Kier alpha value is -2.29. The number of halogens is 1. The van der Waals surface area contributed by atoms with Gasteiger partial charge in [0.05, 0.1) is 23.6 Å². The molecule has 166 valence electrons. The number of hydrogen-bond donors (Lipinski definition) is 2. The van der Waals surface area contributed by atoms with Gasteiger partial charge in [-0.05, 0) is 43.9 Å². The molecule has 2 aliphatic heterocycles. The van der Waals surface area contributed by atoms with Crippen molar-refractivity contribution < 1.29 is 14.3 Å². The first-order valence-corrected chi connectivity index (χ1v) is 11.2. The van der Waals surface area contributed by atoms with Gasteiger partial charge in [-0.1, -0.05) is 12.1 Å². The third-order valence-electron chi connectivity index (χ3n) is 7.39. The highest BCUT2D eigenvalue weighted by atomic mass is 19.1. The van der Waals surface area contributed by atoms with E-state index in [4.69, 9.17) is 0 Å². The van der Waals surface area contributed by atoms with Gasteiger partial charge in [-0.25, -0.2) is 4.39 Å². The third-order valence-corrected chi connectivity index (χ3v) is 7.39. The fraction of sp³-hybridized carbons (Fsp3) is 0.565. The molecule has 4 atom stereocenters. The van der Waals surface area contributed by atoms with Crippen LogP contribution in [0.25, 0.3) is 11.3 Å². The number of likely N-dealkylation sites (N-methyl/N-ethyl adjacent to an activating group) is 1. The summed E-state index contributed by atoms with van der Waals surface area (Å²) in [6.45, 7) is 5.41. The lowest BCUT2D eigenvalue weighted by Gasteiger charge is -2.44. The zero-order chi connectivity index (χ0) is 21.5.